The number of rotatable bonds is 51. The minimum absolute atomic E-state index is 0.00264. The molecule has 2 aromatic rings. The highest BCUT2D eigenvalue weighted by Crippen LogP contribution is 2.35. The Morgan fingerprint density at radius 2 is 1.41 bits per heavy atom. The zero-order valence-corrected chi connectivity index (χ0v) is 61.8. The van der Waals surface area contributed by atoms with Gasteiger partial charge in [-0.3, -0.25) is 57.7 Å². The topological polar surface area (TPSA) is 439 Å². The van der Waals surface area contributed by atoms with Gasteiger partial charge in [0, 0.05) is 62.7 Å². The molecule has 0 radical (unpaired) electrons. The van der Waals surface area contributed by atoms with Crippen molar-refractivity contribution >= 4 is 88.1 Å². The van der Waals surface area contributed by atoms with Gasteiger partial charge in [0.1, 0.15) is 34.9 Å². The summed E-state index contributed by atoms with van der Waals surface area (Å²) in [6.45, 7) is 18.4. The maximum Gasteiger partial charge on any atom is 0.312 e. The van der Waals surface area contributed by atoms with Crippen molar-refractivity contribution in [3.8, 4) is 12.3 Å². The molecule has 102 heavy (non-hydrogen) atoms. The molecule has 0 spiro atoms. The number of hydrogen-bond acceptors (Lipinski definition) is 21. The number of ether oxygens (including phenoxy) is 5. The number of carboxylic acid groups (broad SMARTS) is 2. The minimum Gasteiger partial charge on any atom is -0.481 e. The van der Waals surface area contributed by atoms with Crippen LogP contribution in [0.4, 0.5) is 16.3 Å². The van der Waals surface area contributed by atoms with Crippen LogP contribution >= 0.6 is 11.3 Å². The number of nitrogens with zero attached hydrogens (tertiary/aromatic N) is 3. The first-order chi connectivity index (χ1) is 48.4. The minimum atomic E-state index is -1.41. The van der Waals surface area contributed by atoms with Crippen molar-refractivity contribution in [3.63, 3.8) is 0 Å². The number of esters is 1. The summed E-state index contributed by atoms with van der Waals surface area (Å²) in [6, 6.07) is 0.773. The zero-order chi connectivity index (χ0) is 75.9. The van der Waals surface area contributed by atoms with E-state index in [-0.39, 0.29) is 107 Å². The van der Waals surface area contributed by atoms with Crippen LogP contribution in [0.5, 0.6) is 0 Å². The largest absolute Gasteiger partial charge is 0.481 e. The van der Waals surface area contributed by atoms with Crippen molar-refractivity contribution in [1.82, 2.24) is 41.5 Å². The van der Waals surface area contributed by atoms with Crippen LogP contribution in [0, 0.1) is 47.3 Å². The van der Waals surface area contributed by atoms with Crippen LogP contribution in [0.2, 0.25) is 0 Å². The zero-order valence-electron chi connectivity index (χ0n) is 60.9. The summed E-state index contributed by atoms with van der Waals surface area (Å²) in [5.74, 6) is -8.41. The van der Waals surface area contributed by atoms with Crippen molar-refractivity contribution < 1.29 is 91.5 Å². The summed E-state index contributed by atoms with van der Waals surface area (Å²) in [6.07, 6.45) is 7.08. The van der Waals surface area contributed by atoms with Crippen molar-refractivity contribution in [2.24, 2.45) is 46.5 Å². The summed E-state index contributed by atoms with van der Waals surface area (Å²) < 4.78 is 27.5. The number of primary amides is 1. The lowest BCUT2D eigenvalue weighted by atomic mass is 9.80. The van der Waals surface area contributed by atoms with Gasteiger partial charge >= 0.3 is 23.9 Å². The Labute approximate surface area is 603 Å². The van der Waals surface area contributed by atoms with Crippen LogP contribution in [-0.2, 0) is 82.9 Å². The first kappa shape index (κ1) is 88.3. The van der Waals surface area contributed by atoms with E-state index in [9.17, 15) is 63.0 Å². The number of hydroxylamine groups is 2. The number of terminal acetylenes is 1. The average Bonchev–Trinajstić information content (AvgIpc) is 1.22. The number of carbonyl (C=O) groups excluding carboxylic acids is 9. The van der Waals surface area contributed by atoms with Gasteiger partial charge < -0.3 is 82.6 Å². The van der Waals surface area contributed by atoms with E-state index in [1.54, 1.807) is 43.5 Å². The monoisotopic (exact) mass is 1460 g/mol. The standard InChI is InChI=1S/C70H112N12O19S/c1-12-14-17-31-100-82(67(92)59(46(7)13-2)64(90)79-56-20-15-16-30-81(56)11)53(44(3)4)41-54(101-47(8)83)66-78-55(43-102-66)77-61(87)49(42-70(9,10)68(93)94)40-48-21-23-50(24-22-48)74-62(88)51(19-18-29-73-69(72)95)76-65(91)60(45(5)6)80-63(89)52(25-26-58(85)86)75-57(84)27-32-96-34-36-98-38-39-99-37-35-97-33-28-71/h1,21-24,43-46,49,51-54,56,59-60H,13-20,25-42,71H2,2-11H3,(H,74,88)(H,75,84)(H,76,91)(H,77,87)(H,79,90)(H,80,89)(H,85,86)(H,93,94)(H3,72,73,95)/t46-,49-,51-,52-,53+,54+,56+,59-,60-/m0/s1. The Hall–Kier alpha value is -7.90. The Balaban J connectivity index is 1.83. The molecule has 1 aromatic carbocycles. The van der Waals surface area contributed by atoms with Gasteiger partial charge in [-0.15, -0.1) is 23.7 Å². The molecule has 1 aliphatic rings. The van der Waals surface area contributed by atoms with Gasteiger partial charge in [0.2, 0.25) is 35.4 Å². The number of amides is 9. The smallest absolute Gasteiger partial charge is 0.312 e. The summed E-state index contributed by atoms with van der Waals surface area (Å²) in [5.41, 5.74) is 10.1. The number of likely N-dealkylation sites (tertiary alicyclic amines) is 1. The fourth-order valence-corrected chi connectivity index (χ4v) is 11.8. The third-order valence-corrected chi connectivity index (χ3v) is 18.0. The van der Waals surface area contributed by atoms with E-state index in [1.807, 2.05) is 34.7 Å². The highest BCUT2D eigenvalue weighted by Gasteiger charge is 2.43. The molecule has 3 rings (SSSR count). The van der Waals surface area contributed by atoms with E-state index in [0.717, 1.165) is 37.1 Å². The fourth-order valence-electron chi connectivity index (χ4n) is 11.0. The number of benzene rings is 1. The molecule has 13 N–H and O–H groups in total. The highest BCUT2D eigenvalue weighted by molar-refractivity contribution is 7.10. The number of carbonyl (C=O) groups is 11. The van der Waals surface area contributed by atoms with Gasteiger partial charge in [0.15, 0.2) is 6.10 Å². The lowest BCUT2D eigenvalue weighted by molar-refractivity contribution is -0.215. The van der Waals surface area contributed by atoms with Crippen LogP contribution in [-0.4, -0.2) is 207 Å². The molecule has 1 aliphatic heterocycles. The van der Waals surface area contributed by atoms with Crippen molar-refractivity contribution in [2.75, 3.05) is 96.8 Å². The summed E-state index contributed by atoms with van der Waals surface area (Å²) in [4.78, 5) is 161. The number of aromatic nitrogens is 1. The quantitative estimate of drug-likeness (QED) is 0.0141. The van der Waals surface area contributed by atoms with E-state index >= 15 is 0 Å². The molecule has 1 aromatic heterocycles. The fraction of sp³-hybridized carbons (Fsp3) is 0.686. The Morgan fingerprint density at radius 3 is 1.98 bits per heavy atom. The number of unbranched alkanes of at least 4 members (excludes halogenated alkanes) is 1. The number of thiazole rings is 1. The third-order valence-electron chi connectivity index (χ3n) is 17.0. The summed E-state index contributed by atoms with van der Waals surface area (Å²) >= 11 is 1.08. The van der Waals surface area contributed by atoms with Crippen LogP contribution in [0.3, 0.4) is 0 Å². The molecule has 0 saturated carbocycles. The van der Waals surface area contributed by atoms with E-state index < -0.39 is 131 Å². The molecule has 0 aliphatic carbocycles. The molecular formula is C70H112N12O19S. The van der Waals surface area contributed by atoms with Crippen LogP contribution in [0.1, 0.15) is 162 Å². The van der Waals surface area contributed by atoms with Gasteiger partial charge in [0.05, 0.1) is 77.1 Å². The molecule has 0 unspecified atom stereocenters. The molecule has 9 amide bonds. The number of nitrogens with two attached hydrogens (primary N) is 2. The Bertz CT molecular complexity index is 3020. The molecule has 572 valence electrons. The molecule has 2 heterocycles. The predicted octanol–water partition coefficient (Wildman–Crippen LogP) is 4.63. The molecule has 1 fully saturated rings. The van der Waals surface area contributed by atoms with Crippen molar-refractivity contribution in [3.05, 3.63) is 40.2 Å². The second kappa shape index (κ2) is 47.4. The van der Waals surface area contributed by atoms with Crippen molar-refractivity contribution in [1.29, 1.82) is 0 Å². The lowest BCUT2D eigenvalue weighted by Gasteiger charge is -2.38. The number of piperidine rings is 1. The number of anilines is 2. The molecule has 1 saturated heterocycles. The van der Waals surface area contributed by atoms with E-state index in [4.69, 9.17) is 51.4 Å². The summed E-state index contributed by atoms with van der Waals surface area (Å²) in [7, 11) is 1.93. The van der Waals surface area contributed by atoms with E-state index in [2.05, 4.69) is 48.0 Å². The van der Waals surface area contributed by atoms with Gasteiger partial charge in [-0.25, -0.2) is 14.8 Å². The molecular weight excluding hydrogens is 1340 g/mol. The first-order valence-electron chi connectivity index (χ1n) is 35.1. The van der Waals surface area contributed by atoms with Crippen LogP contribution < -0.4 is 48.7 Å². The SMILES string of the molecule is C#CCCCON(C(=O)[C@H](C(=O)N[C@H]1CCCCN1C)[C@@H](C)CC)[C@H](C[C@@H](OC(C)=O)c1nc(NC(=O)[C@@H](Cc2ccc(NC(=O)[C@H](CCCNC(N)=O)NC(=O)[C@@H](NC(=O)[C@H](CCC(=O)O)NC(=O)CCOCCOCCOCCOCCN)C(C)C)cc2)CC(C)(C)C(=O)O)cs1)C(C)C. The normalized spacial score (nSPS) is 15.6. The number of hydrogen-bond donors (Lipinski definition) is 11. The van der Waals surface area contributed by atoms with E-state index in [1.165, 1.54) is 25.8 Å². The number of carboxylic acids is 2. The molecule has 32 heteroatoms. The Kier molecular flexibility index (Phi) is 41.0. The lowest BCUT2D eigenvalue weighted by Crippen LogP contribution is -2.58. The van der Waals surface area contributed by atoms with Gasteiger partial charge in [-0.1, -0.05) is 60.1 Å². The van der Waals surface area contributed by atoms with Crippen molar-refractivity contribution in [2.45, 2.75) is 189 Å². The average molecular weight is 1460 g/mol. The Morgan fingerprint density at radius 1 is 0.775 bits per heavy atom. The van der Waals surface area contributed by atoms with Crippen LogP contribution in [0.15, 0.2) is 29.6 Å². The third kappa shape index (κ3) is 33.0. The second-order valence-electron chi connectivity index (χ2n) is 26.6. The van der Waals surface area contributed by atoms with Crippen LogP contribution in [0.25, 0.3) is 0 Å². The van der Waals surface area contributed by atoms with Gasteiger partial charge in [0.25, 0.3) is 5.91 Å². The maximum atomic E-state index is 15.0. The van der Waals surface area contributed by atoms with Gasteiger partial charge in [-0.05, 0) is 121 Å². The number of aliphatic carboxylic acids is 2. The number of nitrogens with one attached hydrogen (secondary N) is 7. The molecule has 0 bridgehead atoms. The molecule has 31 nitrogen and oxygen atoms in total. The summed E-state index contributed by atoms with van der Waals surface area (Å²) in [5, 5.41) is 41.8. The predicted molar refractivity (Wildman–Crippen MR) is 380 cm³/mol. The van der Waals surface area contributed by atoms with Gasteiger partial charge in [-0.2, -0.15) is 0 Å². The second-order valence-corrected chi connectivity index (χ2v) is 27.5. The highest BCUT2D eigenvalue weighted by atomic mass is 32.1. The van der Waals surface area contributed by atoms with E-state index in [0.29, 0.717) is 64.4 Å². The molecule has 9 atom stereocenters. The maximum absolute atomic E-state index is 15.0. The first-order valence-corrected chi connectivity index (χ1v) is 35.9. The number of urea groups is 1.